The van der Waals surface area contributed by atoms with Gasteiger partial charge in [-0.05, 0) is 26.7 Å². The molecule has 2 atom stereocenters. The molecule has 2 unspecified atom stereocenters. The zero-order valence-electron chi connectivity index (χ0n) is 11.4. The van der Waals surface area contributed by atoms with Crippen LogP contribution in [0.3, 0.4) is 0 Å². The van der Waals surface area contributed by atoms with Gasteiger partial charge in [-0.1, -0.05) is 13.8 Å². The van der Waals surface area contributed by atoms with Crippen LogP contribution >= 0.6 is 0 Å². The molecule has 0 fully saturated rings. The number of carbonyl (C=O) groups is 4. The third-order valence-corrected chi connectivity index (χ3v) is 2.37. The molecule has 6 nitrogen and oxygen atoms in total. The predicted molar refractivity (Wildman–Crippen MR) is 58.9 cm³/mol. The first-order valence-electron chi connectivity index (χ1n) is 5.61. The first kappa shape index (κ1) is 22.9. The minimum absolute atomic E-state index is 0. The maximum absolute atomic E-state index is 10.4. The molecule has 0 aliphatic rings. The van der Waals surface area contributed by atoms with Gasteiger partial charge in [0.15, 0.2) is 0 Å². The van der Waals surface area contributed by atoms with Crippen LogP contribution in [0.15, 0.2) is 0 Å². The van der Waals surface area contributed by atoms with Crippen molar-refractivity contribution in [2.24, 2.45) is 11.8 Å². The van der Waals surface area contributed by atoms with E-state index in [1.807, 2.05) is 0 Å². The van der Waals surface area contributed by atoms with E-state index in [9.17, 15) is 29.4 Å². The van der Waals surface area contributed by atoms with Crippen molar-refractivity contribution in [1.82, 2.24) is 0 Å². The van der Waals surface area contributed by atoms with E-state index in [-0.39, 0.29) is 28.9 Å². The minimum Gasteiger partial charge on any atom is -0.549 e. The largest absolute Gasteiger partial charge is 2.00 e. The molecule has 0 spiro atoms. The molecule has 0 bridgehead atoms. The number of hydrogen-bond donors (Lipinski definition) is 0. The molecule has 0 N–H and O–H groups in total. The average molecular weight is 310 g/mol. The third kappa shape index (κ3) is 10.4. The van der Waals surface area contributed by atoms with Crippen LogP contribution in [0.5, 0.6) is 0 Å². The van der Waals surface area contributed by atoms with Gasteiger partial charge in [-0.25, -0.2) is 0 Å². The molecule has 0 saturated heterocycles. The summed E-state index contributed by atoms with van der Waals surface area (Å²) < 4.78 is 0. The Bertz CT molecular complexity index is 266. The van der Waals surface area contributed by atoms with E-state index in [0.29, 0.717) is 12.8 Å². The van der Waals surface area contributed by atoms with Gasteiger partial charge in [0, 0.05) is 0 Å². The summed E-state index contributed by atoms with van der Waals surface area (Å²) in [5.41, 5.74) is 0. The van der Waals surface area contributed by atoms with Gasteiger partial charge in [0.05, 0.1) is 23.8 Å². The SMILES string of the molecule is CCC(C(C)=O)C(=O)[O-].CCC(C(C)=O)C(=O)[O-].[Cr+2]. The first-order chi connectivity index (χ1) is 8.18. The van der Waals surface area contributed by atoms with E-state index in [0.717, 1.165) is 0 Å². The standard InChI is InChI=1S/2C6H10O3.Cr/c2*1-3-5(4(2)7)6(8)9;/h2*5H,3H2,1-2H3,(H,8,9);/q;;+2/p-2. The van der Waals surface area contributed by atoms with Gasteiger partial charge in [0.1, 0.15) is 11.6 Å². The molecule has 0 aromatic carbocycles. The summed E-state index contributed by atoms with van der Waals surface area (Å²) >= 11 is 0. The number of carboxylic acids is 2. The summed E-state index contributed by atoms with van der Waals surface area (Å²) in [5, 5.41) is 20.1. The number of rotatable bonds is 6. The Balaban J connectivity index is -0.000000256. The van der Waals surface area contributed by atoms with Gasteiger partial charge >= 0.3 is 17.4 Å². The Morgan fingerprint density at radius 3 is 1.00 bits per heavy atom. The van der Waals surface area contributed by atoms with Crippen molar-refractivity contribution in [2.75, 3.05) is 0 Å². The number of carbonyl (C=O) groups excluding carboxylic acids is 4. The quantitative estimate of drug-likeness (QED) is 0.563. The molecule has 0 aliphatic heterocycles. The Hall–Kier alpha value is -1.19. The van der Waals surface area contributed by atoms with E-state index < -0.39 is 23.8 Å². The van der Waals surface area contributed by atoms with Crippen molar-refractivity contribution >= 4 is 23.5 Å². The van der Waals surface area contributed by atoms with E-state index in [1.165, 1.54) is 13.8 Å². The van der Waals surface area contributed by atoms with Gasteiger partial charge in [-0.15, -0.1) is 0 Å². The number of Topliss-reactive ketones (excluding diaryl/α,β-unsaturated/α-hetero) is 2. The van der Waals surface area contributed by atoms with Gasteiger partial charge in [0.25, 0.3) is 0 Å². The van der Waals surface area contributed by atoms with Crippen LogP contribution in [-0.2, 0) is 36.5 Å². The fourth-order valence-corrected chi connectivity index (χ4v) is 1.24. The van der Waals surface area contributed by atoms with E-state index in [2.05, 4.69) is 0 Å². The Morgan fingerprint density at radius 2 is 1.00 bits per heavy atom. The fraction of sp³-hybridized carbons (Fsp3) is 0.667. The van der Waals surface area contributed by atoms with Gasteiger partial charge < -0.3 is 19.8 Å². The van der Waals surface area contributed by atoms with Crippen LogP contribution in [0.4, 0.5) is 0 Å². The molecular weight excluding hydrogens is 292 g/mol. The monoisotopic (exact) mass is 310 g/mol. The van der Waals surface area contributed by atoms with Crippen LogP contribution in [0.2, 0.25) is 0 Å². The zero-order chi connectivity index (χ0) is 14.9. The molecule has 0 aromatic rings. The van der Waals surface area contributed by atoms with Crippen molar-refractivity contribution in [3.8, 4) is 0 Å². The molecule has 0 radical (unpaired) electrons. The number of aliphatic carboxylic acids is 2. The summed E-state index contributed by atoms with van der Waals surface area (Å²) in [4.78, 5) is 40.9. The summed E-state index contributed by atoms with van der Waals surface area (Å²) in [7, 11) is 0. The maximum atomic E-state index is 10.4. The van der Waals surface area contributed by atoms with Crippen LogP contribution in [0.25, 0.3) is 0 Å². The van der Waals surface area contributed by atoms with Crippen molar-refractivity contribution in [1.29, 1.82) is 0 Å². The molecule has 0 saturated carbocycles. The predicted octanol–water partition coefficient (Wildman–Crippen LogP) is -1.30. The Morgan fingerprint density at radius 1 is 0.789 bits per heavy atom. The van der Waals surface area contributed by atoms with E-state index in [1.54, 1.807) is 13.8 Å². The summed E-state index contributed by atoms with van der Waals surface area (Å²) in [6.07, 6.45) is 0.634. The molecule has 0 amide bonds. The molecule has 7 heteroatoms. The molecule has 0 rings (SSSR count). The number of carboxylic acid groups (broad SMARTS) is 2. The summed E-state index contributed by atoms with van der Waals surface area (Å²) in [5.74, 6) is -5.04. The van der Waals surface area contributed by atoms with Crippen LogP contribution in [-0.4, -0.2) is 23.5 Å². The van der Waals surface area contributed by atoms with Crippen LogP contribution in [0.1, 0.15) is 40.5 Å². The van der Waals surface area contributed by atoms with Crippen molar-refractivity contribution < 1.29 is 46.8 Å². The van der Waals surface area contributed by atoms with Gasteiger partial charge in [-0.3, -0.25) is 9.59 Å². The molecule has 0 heterocycles. The molecule has 0 aliphatic carbocycles. The van der Waals surface area contributed by atoms with Crippen molar-refractivity contribution in [2.45, 2.75) is 40.5 Å². The number of hydrogen-bond acceptors (Lipinski definition) is 6. The normalized spacial score (nSPS) is 12.0. The topological polar surface area (TPSA) is 114 Å². The van der Waals surface area contributed by atoms with Crippen LogP contribution < -0.4 is 10.2 Å². The van der Waals surface area contributed by atoms with Crippen LogP contribution in [0, 0.1) is 11.8 Å². The second kappa shape index (κ2) is 11.9. The summed E-state index contributed by atoms with van der Waals surface area (Å²) in [6.45, 7) is 5.79. The van der Waals surface area contributed by atoms with E-state index >= 15 is 0 Å². The average Bonchev–Trinajstić information content (AvgIpc) is 2.17. The Kier molecular flexibility index (Phi) is 14.3. The first-order valence-corrected chi connectivity index (χ1v) is 5.61. The second-order valence-electron chi connectivity index (χ2n) is 3.78. The molecule has 0 aromatic heterocycles. The maximum Gasteiger partial charge on any atom is 2.00 e. The van der Waals surface area contributed by atoms with Crippen molar-refractivity contribution in [3.05, 3.63) is 0 Å². The second-order valence-corrected chi connectivity index (χ2v) is 3.78. The van der Waals surface area contributed by atoms with Crippen molar-refractivity contribution in [3.63, 3.8) is 0 Å². The molecular formula is C12H18CrO6. The van der Waals surface area contributed by atoms with E-state index in [4.69, 9.17) is 0 Å². The van der Waals surface area contributed by atoms with Gasteiger partial charge in [0.2, 0.25) is 0 Å². The fourth-order valence-electron chi connectivity index (χ4n) is 1.24. The minimum atomic E-state index is -1.27. The zero-order valence-corrected chi connectivity index (χ0v) is 12.7. The Labute approximate surface area is 123 Å². The smallest absolute Gasteiger partial charge is 0.549 e. The summed E-state index contributed by atoms with van der Waals surface area (Å²) in [6, 6.07) is 0. The van der Waals surface area contributed by atoms with Gasteiger partial charge in [-0.2, -0.15) is 0 Å². The molecule has 19 heavy (non-hydrogen) atoms. The molecule has 108 valence electrons. The number of ketones is 2. The third-order valence-electron chi connectivity index (χ3n) is 2.37.